The van der Waals surface area contributed by atoms with Crippen molar-refractivity contribution < 1.29 is 22.3 Å². The second-order valence-electron chi connectivity index (χ2n) is 8.55. The Bertz CT molecular complexity index is 1610. The normalized spacial score (nSPS) is 12.3. The van der Waals surface area contributed by atoms with Gasteiger partial charge in [0.25, 0.3) is 0 Å². The second kappa shape index (κ2) is 10.7. The number of hydrogen-bond donors (Lipinski definition) is 1. The van der Waals surface area contributed by atoms with Crippen LogP contribution >= 0.6 is 0 Å². The molecule has 2 aromatic heterocycles. The Morgan fingerprint density at radius 1 is 1.08 bits per heavy atom. The quantitative estimate of drug-likeness (QED) is 0.220. The Kier molecular flexibility index (Phi) is 7.22. The fourth-order valence-electron chi connectivity index (χ4n) is 4.48. The predicted octanol–water partition coefficient (Wildman–Crippen LogP) is 4.90. The molecular formula is C27H23F2N4O3S-. The lowest BCUT2D eigenvalue weighted by atomic mass is 9.96. The van der Waals surface area contributed by atoms with E-state index in [0.29, 0.717) is 29.7 Å². The lowest BCUT2D eigenvalue weighted by Gasteiger charge is -2.15. The first-order valence-electron chi connectivity index (χ1n) is 11.6. The Balaban J connectivity index is 1.55. The molecule has 0 radical (unpaired) electrons. The first-order chi connectivity index (χ1) is 18.0. The van der Waals surface area contributed by atoms with Crippen molar-refractivity contribution in [3.05, 3.63) is 89.8 Å². The summed E-state index contributed by atoms with van der Waals surface area (Å²) < 4.78 is 61.4. The number of aryl methyl sites for hydroxylation is 1. The van der Waals surface area contributed by atoms with Gasteiger partial charge in [0.05, 0.1) is 25.4 Å². The molecule has 0 aliphatic carbocycles. The zero-order valence-electron chi connectivity index (χ0n) is 19.9. The van der Waals surface area contributed by atoms with Gasteiger partial charge in [-0.25, -0.2) is 23.2 Å². The molecule has 10 heteroatoms. The molecule has 0 fully saturated rings. The SMILES string of the molecule is COc1cc2c(cnc3c2cnn3Cc2ccccc2)cc1-c1c(F)ccc(CCCNS(=O)[O-])c1F. The minimum Gasteiger partial charge on any atom is -0.760 e. The highest BCUT2D eigenvalue weighted by atomic mass is 32.2. The molecule has 1 atom stereocenters. The van der Waals surface area contributed by atoms with E-state index < -0.39 is 22.9 Å². The van der Waals surface area contributed by atoms with Crippen LogP contribution in [0.4, 0.5) is 8.78 Å². The van der Waals surface area contributed by atoms with E-state index in [0.717, 1.165) is 16.3 Å². The van der Waals surface area contributed by atoms with E-state index in [2.05, 4.69) is 14.8 Å². The Morgan fingerprint density at radius 2 is 1.89 bits per heavy atom. The molecule has 190 valence electrons. The van der Waals surface area contributed by atoms with Gasteiger partial charge in [-0.15, -0.1) is 0 Å². The van der Waals surface area contributed by atoms with E-state index in [-0.39, 0.29) is 29.7 Å². The summed E-state index contributed by atoms with van der Waals surface area (Å²) in [5.41, 5.74) is 2.14. The topological polar surface area (TPSA) is 92.1 Å². The molecule has 0 spiro atoms. The number of benzene rings is 3. The number of halogens is 2. The average molecular weight is 522 g/mol. The summed E-state index contributed by atoms with van der Waals surface area (Å²) in [5, 5.41) is 6.81. The van der Waals surface area contributed by atoms with Crippen molar-refractivity contribution in [3.63, 3.8) is 0 Å². The van der Waals surface area contributed by atoms with Gasteiger partial charge < -0.3 is 9.29 Å². The van der Waals surface area contributed by atoms with Crippen LogP contribution < -0.4 is 9.46 Å². The molecule has 0 aliphatic rings. The summed E-state index contributed by atoms with van der Waals surface area (Å²) in [4.78, 5) is 4.60. The van der Waals surface area contributed by atoms with Gasteiger partial charge in [0.2, 0.25) is 0 Å². The first kappa shape index (κ1) is 24.9. The predicted molar refractivity (Wildman–Crippen MR) is 138 cm³/mol. The van der Waals surface area contributed by atoms with Crippen molar-refractivity contribution in [1.82, 2.24) is 19.5 Å². The minimum absolute atomic E-state index is 0.154. The van der Waals surface area contributed by atoms with Crippen LogP contribution in [-0.4, -0.2) is 37.2 Å². The van der Waals surface area contributed by atoms with Crippen LogP contribution in [0.1, 0.15) is 17.5 Å². The van der Waals surface area contributed by atoms with E-state index in [1.165, 1.54) is 19.2 Å². The third-order valence-corrected chi connectivity index (χ3v) is 6.70. The average Bonchev–Trinajstić information content (AvgIpc) is 3.30. The zero-order chi connectivity index (χ0) is 25.9. The molecule has 7 nitrogen and oxygen atoms in total. The maximum absolute atomic E-state index is 15.5. The third kappa shape index (κ3) is 5.08. The maximum Gasteiger partial charge on any atom is 0.158 e. The molecule has 5 rings (SSSR count). The molecule has 0 bridgehead atoms. The molecule has 1 unspecified atom stereocenters. The van der Waals surface area contributed by atoms with E-state index in [4.69, 9.17) is 4.74 Å². The molecule has 37 heavy (non-hydrogen) atoms. The smallest absolute Gasteiger partial charge is 0.158 e. The van der Waals surface area contributed by atoms with Gasteiger partial charge in [0.1, 0.15) is 17.4 Å². The highest BCUT2D eigenvalue weighted by Crippen LogP contribution is 2.39. The van der Waals surface area contributed by atoms with Crippen LogP contribution in [0.15, 0.2) is 67.0 Å². The maximum atomic E-state index is 15.5. The van der Waals surface area contributed by atoms with Crippen LogP contribution in [0.3, 0.4) is 0 Å². The largest absolute Gasteiger partial charge is 0.760 e. The fourth-order valence-corrected chi connectivity index (χ4v) is 4.79. The summed E-state index contributed by atoms with van der Waals surface area (Å²) in [6.45, 7) is 0.711. The molecule has 0 saturated heterocycles. The van der Waals surface area contributed by atoms with Crippen LogP contribution in [0, 0.1) is 11.6 Å². The third-order valence-electron chi connectivity index (χ3n) is 6.26. The number of pyridine rings is 1. The Labute approximate surface area is 214 Å². The van der Waals surface area contributed by atoms with Crippen LogP contribution in [-0.2, 0) is 24.2 Å². The number of ether oxygens (including phenoxy) is 1. The lowest BCUT2D eigenvalue weighted by Crippen LogP contribution is -2.18. The monoisotopic (exact) mass is 521 g/mol. The van der Waals surface area contributed by atoms with Crippen molar-refractivity contribution in [2.75, 3.05) is 13.7 Å². The van der Waals surface area contributed by atoms with Gasteiger partial charge >= 0.3 is 0 Å². The first-order valence-corrected chi connectivity index (χ1v) is 12.7. The minimum atomic E-state index is -2.39. The highest BCUT2D eigenvalue weighted by Gasteiger charge is 2.21. The number of methoxy groups -OCH3 is 1. The highest BCUT2D eigenvalue weighted by molar-refractivity contribution is 7.77. The fraction of sp³-hybridized carbons (Fsp3) is 0.185. The Hall–Kier alpha value is -3.73. The summed E-state index contributed by atoms with van der Waals surface area (Å²) in [7, 11) is 1.45. The van der Waals surface area contributed by atoms with Gasteiger partial charge in [0, 0.05) is 40.3 Å². The summed E-state index contributed by atoms with van der Waals surface area (Å²) in [6, 6.07) is 15.9. The van der Waals surface area contributed by atoms with Crippen molar-refractivity contribution >= 4 is 33.1 Å². The van der Waals surface area contributed by atoms with E-state index >= 15 is 4.39 Å². The number of nitrogens with one attached hydrogen (secondary N) is 1. The molecule has 5 aromatic rings. The number of rotatable bonds is 9. The van der Waals surface area contributed by atoms with Gasteiger partial charge in [0.15, 0.2) is 5.65 Å². The molecule has 0 saturated carbocycles. The molecule has 0 aliphatic heterocycles. The van der Waals surface area contributed by atoms with E-state index in [9.17, 15) is 13.2 Å². The zero-order valence-corrected chi connectivity index (χ0v) is 20.7. The lowest BCUT2D eigenvalue weighted by molar-refractivity contribution is 0.416. The molecular weight excluding hydrogens is 498 g/mol. The van der Waals surface area contributed by atoms with Gasteiger partial charge in [-0.2, -0.15) is 5.10 Å². The number of fused-ring (bicyclic) bond motifs is 3. The standard InChI is InChI=1S/C27H24F2N4O3S/c1-36-24-13-20-19(14-30-27-22(20)15-31-33(27)16-17-6-3-2-4-7-17)12-21(24)25-23(28)10-9-18(26(25)29)8-5-11-32-37(34)35/h2-4,6-7,9-10,12-15,32H,5,8,11,16H2,1H3,(H,34,35)/p-1. The molecule has 2 heterocycles. The summed E-state index contributed by atoms with van der Waals surface area (Å²) >= 11 is -2.39. The van der Waals surface area contributed by atoms with Crippen LogP contribution in [0.5, 0.6) is 5.75 Å². The van der Waals surface area contributed by atoms with Crippen LogP contribution in [0.25, 0.3) is 32.9 Å². The summed E-state index contributed by atoms with van der Waals surface area (Å²) in [5.74, 6) is -1.11. The van der Waals surface area contributed by atoms with Crippen molar-refractivity contribution in [1.29, 1.82) is 0 Å². The van der Waals surface area contributed by atoms with Crippen molar-refractivity contribution in [2.24, 2.45) is 0 Å². The second-order valence-corrected chi connectivity index (χ2v) is 9.31. The van der Waals surface area contributed by atoms with Gasteiger partial charge in [-0.05, 0) is 47.6 Å². The van der Waals surface area contributed by atoms with E-state index in [1.54, 1.807) is 24.5 Å². The number of hydrogen-bond acceptors (Lipinski definition) is 5. The summed E-state index contributed by atoms with van der Waals surface area (Å²) in [6.07, 6.45) is 4.00. The number of nitrogens with zero attached hydrogens (tertiary/aromatic N) is 3. The van der Waals surface area contributed by atoms with Crippen molar-refractivity contribution in [3.8, 4) is 16.9 Å². The van der Waals surface area contributed by atoms with Gasteiger partial charge in [-0.1, -0.05) is 36.4 Å². The molecule has 3 aromatic carbocycles. The molecule has 0 amide bonds. The van der Waals surface area contributed by atoms with Crippen molar-refractivity contribution in [2.45, 2.75) is 19.4 Å². The molecule has 1 N–H and O–H groups in total. The van der Waals surface area contributed by atoms with Crippen LogP contribution in [0.2, 0.25) is 0 Å². The van der Waals surface area contributed by atoms with E-state index in [1.807, 2.05) is 35.0 Å². The Morgan fingerprint density at radius 3 is 2.65 bits per heavy atom. The van der Waals surface area contributed by atoms with Gasteiger partial charge in [-0.3, -0.25) is 4.21 Å². The number of aromatic nitrogens is 3.